The minimum Gasteiger partial charge on any atom is -0.469 e. The number of methoxy groups -OCH3 is 1. The first-order valence-corrected chi connectivity index (χ1v) is 16.8. The van der Waals surface area contributed by atoms with Crippen LogP contribution >= 0.6 is 0 Å². The van der Waals surface area contributed by atoms with Crippen molar-refractivity contribution >= 4 is 23.5 Å². The number of carbonyl (C=O) groups is 2. The van der Waals surface area contributed by atoms with Crippen LogP contribution in [0.2, 0.25) is 0 Å². The van der Waals surface area contributed by atoms with Crippen LogP contribution in [-0.4, -0.2) is 23.8 Å². The molecule has 0 heterocycles. The number of allylic oxidation sites excluding steroid dienone is 2. The number of ketones is 1. The van der Waals surface area contributed by atoms with E-state index in [9.17, 15) is 19.7 Å². The van der Waals surface area contributed by atoms with E-state index < -0.39 is 10.8 Å². The first-order chi connectivity index (χ1) is 20.6. The number of non-ortho nitro benzene ring substituents is 1. The van der Waals surface area contributed by atoms with Crippen LogP contribution in [-0.2, 0) is 14.3 Å². The van der Waals surface area contributed by atoms with E-state index in [0.717, 1.165) is 56.9 Å². The first-order valence-electron chi connectivity index (χ1n) is 16.8. The zero-order chi connectivity index (χ0) is 32.0. The largest absolute Gasteiger partial charge is 0.469 e. The number of hydrogen-bond donors (Lipinski definition) is 0. The summed E-state index contributed by atoms with van der Waals surface area (Å²) in [5.74, 6) is 1.93. The van der Waals surface area contributed by atoms with Crippen molar-refractivity contribution in [1.82, 2.24) is 0 Å². The van der Waals surface area contributed by atoms with Gasteiger partial charge in [-0.2, -0.15) is 0 Å². The van der Waals surface area contributed by atoms with Crippen LogP contribution in [0, 0.1) is 66.8 Å². The molecule has 5 unspecified atom stereocenters. The molecular formula is C38H51NO5. The Morgan fingerprint density at radius 2 is 1.73 bits per heavy atom. The Labute approximate surface area is 263 Å². The van der Waals surface area contributed by atoms with Crippen LogP contribution in [0.3, 0.4) is 0 Å². The van der Waals surface area contributed by atoms with Gasteiger partial charge in [0.05, 0.1) is 17.4 Å². The molecule has 0 saturated heterocycles. The van der Waals surface area contributed by atoms with Crippen molar-refractivity contribution in [1.29, 1.82) is 0 Å². The van der Waals surface area contributed by atoms with Gasteiger partial charge in [-0.3, -0.25) is 19.7 Å². The molecule has 0 amide bonds. The molecule has 0 radical (unpaired) electrons. The SMILES string of the molecule is C=C(C)[C@@H]1CCC2(C(=O)OC)CC[C@]3(C)C(CCC4[C@@]5(C)CC(=Cc6cccc([N+](=O)[O-])c6)C(=O)C(C)(C)C5CC[C@]43C)C12. The second-order valence-corrected chi connectivity index (χ2v) is 16.6. The molecule has 0 bridgehead atoms. The Morgan fingerprint density at radius 3 is 2.39 bits per heavy atom. The van der Waals surface area contributed by atoms with Gasteiger partial charge in [0.2, 0.25) is 0 Å². The Bertz CT molecular complexity index is 1460. The van der Waals surface area contributed by atoms with Crippen LogP contribution in [0.25, 0.3) is 6.08 Å². The molecule has 6 heteroatoms. The molecule has 5 aliphatic carbocycles. The van der Waals surface area contributed by atoms with Gasteiger partial charge in [0.25, 0.3) is 5.69 Å². The zero-order valence-electron chi connectivity index (χ0n) is 27.8. The van der Waals surface area contributed by atoms with Crippen molar-refractivity contribution in [2.45, 2.75) is 99.3 Å². The summed E-state index contributed by atoms with van der Waals surface area (Å²) in [6, 6.07) is 6.64. The molecule has 0 N–H and O–H groups in total. The van der Waals surface area contributed by atoms with E-state index in [0.29, 0.717) is 29.7 Å². The van der Waals surface area contributed by atoms with Crippen LogP contribution in [0.5, 0.6) is 0 Å². The van der Waals surface area contributed by atoms with Crippen molar-refractivity contribution in [3.63, 3.8) is 0 Å². The molecule has 238 valence electrons. The molecule has 0 spiro atoms. The molecule has 44 heavy (non-hydrogen) atoms. The molecule has 6 rings (SSSR count). The molecule has 9 atom stereocenters. The third-order valence-corrected chi connectivity index (χ3v) is 14.7. The fraction of sp³-hybridized carbons (Fsp3) is 0.684. The molecule has 6 nitrogen and oxygen atoms in total. The van der Waals surface area contributed by atoms with Crippen molar-refractivity contribution < 1.29 is 19.2 Å². The van der Waals surface area contributed by atoms with Gasteiger partial charge in [-0.15, -0.1) is 0 Å². The second kappa shape index (κ2) is 10.1. The fourth-order valence-corrected chi connectivity index (χ4v) is 12.6. The number of rotatable bonds is 4. The predicted molar refractivity (Wildman–Crippen MR) is 172 cm³/mol. The lowest BCUT2D eigenvalue weighted by Crippen LogP contribution is -2.67. The molecule has 1 aromatic carbocycles. The zero-order valence-corrected chi connectivity index (χ0v) is 27.8. The first kappa shape index (κ1) is 31.2. The number of carbonyl (C=O) groups excluding carboxylic acids is 2. The number of Topliss-reactive ketones (excluding diaryl/α,β-unsaturated/α-hetero) is 1. The van der Waals surface area contributed by atoms with Crippen molar-refractivity contribution in [2.24, 2.45) is 56.7 Å². The number of hydrogen-bond acceptors (Lipinski definition) is 5. The highest BCUT2D eigenvalue weighted by atomic mass is 16.6. The summed E-state index contributed by atoms with van der Waals surface area (Å²) in [5.41, 5.74) is 1.91. The highest BCUT2D eigenvalue weighted by Crippen LogP contribution is 2.77. The Kier molecular flexibility index (Phi) is 7.18. The van der Waals surface area contributed by atoms with Crippen LogP contribution in [0.1, 0.15) is 105 Å². The molecular weight excluding hydrogens is 550 g/mol. The minimum atomic E-state index is -0.512. The van der Waals surface area contributed by atoms with E-state index in [1.54, 1.807) is 19.2 Å². The van der Waals surface area contributed by atoms with Gasteiger partial charge in [0.1, 0.15) is 0 Å². The number of ether oxygens (including phenoxy) is 1. The average Bonchev–Trinajstić information content (AvgIpc) is 3.37. The number of esters is 1. The Morgan fingerprint density at radius 1 is 1.00 bits per heavy atom. The lowest BCUT2D eigenvalue weighted by atomic mass is 9.32. The maximum absolute atomic E-state index is 14.1. The maximum atomic E-state index is 14.1. The summed E-state index contributed by atoms with van der Waals surface area (Å²) in [4.78, 5) is 38.7. The predicted octanol–water partition coefficient (Wildman–Crippen LogP) is 8.99. The van der Waals surface area contributed by atoms with E-state index in [4.69, 9.17) is 4.74 Å². The smallest absolute Gasteiger partial charge is 0.312 e. The van der Waals surface area contributed by atoms with E-state index in [1.807, 2.05) is 12.1 Å². The second-order valence-electron chi connectivity index (χ2n) is 16.6. The standard InChI is InChI=1S/C38H51NO5/c1-23(2)27-14-17-38(33(41)44-8)19-18-36(6)28(31(27)38)12-13-30-35(5)22-25(20-24-10-9-11-26(21-24)39(42)43)32(40)34(3,4)29(35)15-16-37(30,36)7/h9-11,20-21,27-31H,1,12-19,22H2,2-8H3/t27-,28?,29?,30?,31?,35-,36+,37+,38?/m0/s1. The van der Waals surface area contributed by atoms with E-state index >= 15 is 0 Å². The van der Waals surface area contributed by atoms with Gasteiger partial charge in [-0.1, -0.05) is 58.9 Å². The topological polar surface area (TPSA) is 86.5 Å². The van der Waals surface area contributed by atoms with E-state index in [-0.39, 0.29) is 50.4 Å². The maximum Gasteiger partial charge on any atom is 0.312 e. The highest BCUT2D eigenvalue weighted by Gasteiger charge is 2.72. The quantitative estimate of drug-likeness (QED) is 0.113. The molecule has 5 saturated carbocycles. The van der Waals surface area contributed by atoms with Gasteiger partial charge in [0.15, 0.2) is 5.78 Å². The molecule has 5 fully saturated rings. The fourth-order valence-electron chi connectivity index (χ4n) is 12.6. The van der Waals surface area contributed by atoms with E-state index in [1.165, 1.54) is 11.6 Å². The number of fused-ring (bicyclic) bond motifs is 7. The third kappa shape index (κ3) is 4.04. The highest BCUT2D eigenvalue weighted by molar-refractivity contribution is 6.04. The number of benzene rings is 1. The van der Waals surface area contributed by atoms with Crippen LogP contribution < -0.4 is 0 Å². The van der Waals surface area contributed by atoms with Crippen molar-refractivity contribution in [3.8, 4) is 0 Å². The van der Waals surface area contributed by atoms with Crippen molar-refractivity contribution in [3.05, 3.63) is 57.7 Å². The normalized spacial score (nSPS) is 43.3. The summed E-state index contributed by atoms with van der Waals surface area (Å²) < 4.78 is 5.52. The third-order valence-electron chi connectivity index (χ3n) is 14.7. The van der Waals surface area contributed by atoms with Crippen molar-refractivity contribution in [2.75, 3.05) is 7.11 Å². The van der Waals surface area contributed by atoms with Crippen LogP contribution in [0.15, 0.2) is 42.0 Å². The summed E-state index contributed by atoms with van der Waals surface area (Å²) in [6.07, 6.45) is 10.8. The molecule has 5 aliphatic rings. The molecule has 0 aliphatic heterocycles. The average molecular weight is 602 g/mol. The number of nitro benzene ring substituents is 1. The summed E-state index contributed by atoms with van der Waals surface area (Å²) >= 11 is 0. The van der Waals surface area contributed by atoms with Gasteiger partial charge in [-0.25, -0.2) is 0 Å². The Hall–Kier alpha value is -2.76. The molecule has 1 aromatic rings. The van der Waals surface area contributed by atoms with Crippen LogP contribution in [0.4, 0.5) is 5.69 Å². The van der Waals surface area contributed by atoms with E-state index in [2.05, 4.69) is 48.1 Å². The lowest BCUT2D eigenvalue weighted by Gasteiger charge is -2.72. The summed E-state index contributed by atoms with van der Waals surface area (Å²) in [5, 5.41) is 11.5. The van der Waals surface area contributed by atoms with Gasteiger partial charge >= 0.3 is 5.97 Å². The Balaban J connectivity index is 1.41. The minimum absolute atomic E-state index is 0.0142. The van der Waals surface area contributed by atoms with Gasteiger partial charge < -0.3 is 4.74 Å². The summed E-state index contributed by atoms with van der Waals surface area (Å²) in [6.45, 7) is 18.4. The summed E-state index contributed by atoms with van der Waals surface area (Å²) in [7, 11) is 1.56. The van der Waals surface area contributed by atoms with Gasteiger partial charge in [0, 0.05) is 17.5 Å². The molecule has 0 aromatic heterocycles. The van der Waals surface area contributed by atoms with Gasteiger partial charge in [-0.05, 0) is 128 Å². The number of nitrogens with zero attached hydrogens (tertiary/aromatic N) is 1. The lowest BCUT2D eigenvalue weighted by molar-refractivity contribution is -0.384. The number of nitro groups is 1. The monoisotopic (exact) mass is 601 g/mol.